The molecule has 2 aromatic rings. The van der Waals surface area contributed by atoms with Gasteiger partial charge in [0.2, 0.25) is 0 Å². The normalized spacial score (nSPS) is 12.2. The molecular formula is C15H14BrFO2. The van der Waals surface area contributed by atoms with Gasteiger partial charge in [-0.15, -0.1) is 0 Å². The second-order valence-corrected chi connectivity index (χ2v) is 5.03. The van der Waals surface area contributed by atoms with Gasteiger partial charge in [0, 0.05) is 12.0 Å². The van der Waals surface area contributed by atoms with E-state index in [1.807, 2.05) is 24.3 Å². The molecule has 2 aromatic carbocycles. The van der Waals surface area contributed by atoms with Crippen molar-refractivity contribution < 1.29 is 14.2 Å². The maximum Gasteiger partial charge on any atom is 0.143 e. The number of para-hydroxylation sites is 1. The predicted octanol–water partition coefficient (Wildman–Crippen LogP) is 3.87. The molecule has 0 saturated heterocycles. The highest BCUT2D eigenvalue weighted by Gasteiger charge is 2.16. The Morgan fingerprint density at radius 3 is 2.68 bits per heavy atom. The van der Waals surface area contributed by atoms with Crippen LogP contribution in [-0.4, -0.2) is 12.2 Å². The Morgan fingerprint density at radius 1 is 1.21 bits per heavy atom. The number of benzene rings is 2. The monoisotopic (exact) mass is 324 g/mol. The largest absolute Gasteiger partial charge is 0.496 e. The Morgan fingerprint density at radius 2 is 1.95 bits per heavy atom. The predicted molar refractivity (Wildman–Crippen MR) is 75.8 cm³/mol. The molecule has 1 unspecified atom stereocenters. The fourth-order valence-corrected chi connectivity index (χ4v) is 2.35. The van der Waals surface area contributed by atoms with Crippen molar-refractivity contribution in [2.45, 2.75) is 12.5 Å². The van der Waals surface area contributed by atoms with Crippen LogP contribution in [0.1, 0.15) is 17.2 Å². The minimum Gasteiger partial charge on any atom is -0.496 e. The first-order valence-electron chi connectivity index (χ1n) is 5.87. The quantitative estimate of drug-likeness (QED) is 0.925. The van der Waals surface area contributed by atoms with Crippen LogP contribution in [0.4, 0.5) is 4.39 Å². The van der Waals surface area contributed by atoms with Crippen molar-refractivity contribution in [3.8, 4) is 5.75 Å². The first-order valence-corrected chi connectivity index (χ1v) is 6.66. The highest BCUT2D eigenvalue weighted by atomic mass is 79.9. The molecule has 1 N–H and O–H groups in total. The first-order chi connectivity index (χ1) is 9.13. The van der Waals surface area contributed by atoms with E-state index in [-0.39, 0.29) is 5.56 Å². The zero-order valence-corrected chi connectivity index (χ0v) is 12.0. The molecule has 0 saturated carbocycles. The van der Waals surface area contributed by atoms with Crippen LogP contribution in [0, 0.1) is 5.82 Å². The van der Waals surface area contributed by atoms with Crippen LogP contribution in [0.2, 0.25) is 0 Å². The lowest BCUT2D eigenvalue weighted by molar-refractivity contribution is 0.172. The third kappa shape index (κ3) is 3.14. The number of hydrogen-bond donors (Lipinski definition) is 1. The van der Waals surface area contributed by atoms with Gasteiger partial charge in [0.05, 0.1) is 17.7 Å². The average molecular weight is 325 g/mol. The molecule has 2 rings (SSSR count). The van der Waals surface area contributed by atoms with E-state index in [0.29, 0.717) is 16.6 Å². The third-order valence-corrected chi connectivity index (χ3v) is 3.56. The van der Waals surface area contributed by atoms with Crippen molar-refractivity contribution in [3.05, 3.63) is 63.9 Å². The molecule has 4 heteroatoms. The smallest absolute Gasteiger partial charge is 0.143 e. The molecule has 100 valence electrons. The fourth-order valence-electron chi connectivity index (χ4n) is 1.97. The topological polar surface area (TPSA) is 29.5 Å². The lowest BCUT2D eigenvalue weighted by atomic mass is 10.0. The Balaban J connectivity index is 2.26. The number of aliphatic hydroxyl groups excluding tert-OH is 1. The fraction of sp³-hybridized carbons (Fsp3) is 0.200. The van der Waals surface area contributed by atoms with Crippen LogP contribution in [0.15, 0.2) is 46.9 Å². The van der Waals surface area contributed by atoms with E-state index in [0.717, 1.165) is 5.56 Å². The van der Waals surface area contributed by atoms with E-state index in [1.165, 1.54) is 0 Å². The lowest BCUT2D eigenvalue weighted by Crippen LogP contribution is -2.06. The summed E-state index contributed by atoms with van der Waals surface area (Å²) in [6.07, 6.45) is -0.606. The third-order valence-electron chi connectivity index (χ3n) is 2.95. The van der Waals surface area contributed by atoms with Gasteiger partial charge >= 0.3 is 0 Å². The number of rotatable bonds is 4. The van der Waals surface area contributed by atoms with Gasteiger partial charge < -0.3 is 9.84 Å². The van der Waals surface area contributed by atoms with Gasteiger partial charge in [0.1, 0.15) is 11.6 Å². The standard InChI is InChI=1S/C15H14BrFO2/c1-19-14-8-3-2-5-10(14)9-13(18)11-6-4-7-12(16)15(11)17/h2-8,13,18H,9H2,1H3. The van der Waals surface area contributed by atoms with Crippen molar-refractivity contribution in [1.29, 1.82) is 0 Å². The molecule has 0 aromatic heterocycles. The van der Waals surface area contributed by atoms with Crippen LogP contribution in [0.25, 0.3) is 0 Å². The Bertz CT molecular complexity index is 572. The van der Waals surface area contributed by atoms with E-state index < -0.39 is 11.9 Å². The van der Waals surface area contributed by atoms with Crippen molar-refractivity contribution in [3.63, 3.8) is 0 Å². The second kappa shape index (κ2) is 6.17. The number of methoxy groups -OCH3 is 1. The van der Waals surface area contributed by atoms with Crippen molar-refractivity contribution >= 4 is 15.9 Å². The molecule has 19 heavy (non-hydrogen) atoms. The summed E-state index contributed by atoms with van der Waals surface area (Å²) >= 11 is 3.12. The van der Waals surface area contributed by atoms with Gasteiger partial charge in [-0.25, -0.2) is 4.39 Å². The first kappa shape index (κ1) is 14.0. The minimum absolute atomic E-state index is 0.278. The lowest BCUT2D eigenvalue weighted by Gasteiger charge is -2.14. The molecule has 0 bridgehead atoms. The molecule has 0 aliphatic heterocycles. The molecule has 0 radical (unpaired) electrons. The number of hydrogen-bond acceptors (Lipinski definition) is 2. The molecule has 0 aliphatic rings. The zero-order chi connectivity index (χ0) is 13.8. The Hall–Kier alpha value is -1.39. The van der Waals surface area contributed by atoms with Crippen molar-refractivity contribution in [2.75, 3.05) is 7.11 Å². The summed E-state index contributed by atoms with van der Waals surface area (Å²) in [5, 5.41) is 10.2. The van der Waals surface area contributed by atoms with Gasteiger partial charge in [-0.2, -0.15) is 0 Å². The summed E-state index contributed by atoms with van der Waals surface area (Å²) in [6.45, 7) is 0. The molecule has 2 nitrogen and oxygen atoms in total. The molecular weight excluding hydrogens is 311 g/mol. The summed E-state index contributed by atoms with van der Waals surface area (Å²) in [5.41, 5.74) is 1.12. The van der Waals surface area contributed by atoms with Crippen molar-refractivity contribution in [1.82, 2.24) is 0 Å². The zero-order valence-electron chi connectivity index (χ0n) is 10.4. The summed E-state index contributed by atoms with van der Waals surface area (Å²) in [5.74, 6) is 0.266. The molecule has 0 heterocycles. The van der Waals surface area contributed by atoms with Gasteiger partial charge in [0.15, 0.2) is 0 Å². The average Bonchev–Trinajstić information content (AvgIpc) is 2.42. The minimum atomic E-state index is -0.909. The summed E-state index contributed by atoms with van der Waals surface area (Å²) in [7, 11) is 1.57. The molecule has 0 amide bonds. The Labute approximate surface area is 120 Å². The summed E-state index contributed by atoms with van der Waals surface area (Å²) in [4.78, 5) is 0. The summed E-state index contributed by atoms with van der Waals surface area (Å²) in [6, 6.07) is 12.3. The number of ether oxygens (including phenoxy) is 1. The Kier molecular flexibility index (Phi) is 4.56. The summed E-state index contributed by atoms with van der Waals surface area (Å²) < 4.78 is 19.5. The van der Waals surface area contributed by atoms with Crippen LogP contribution in [0.5, 0.6) is 5.75 Å². The maximum absolute atomic E-state index is 13.9. The van der Waals surface area contributed by atoms with E-state index in [2.05, 4.69) is 15.9 Å². The molecule has 0 fully saturated rings. The van der Waals surface area contributed by atoms with E-state index in [1.54, 1.807) is 25.3 Å². The van der Waals surface area contributed by atoms with Crippen molar-refractivity contribution in [2.24, 2.45) is 0 Å². The van der Waals surface area contributed by atoms with Gasteiger partial charge in [-0.3, -0.25) is 0 Å². The molecule has 1 atom stereocenters. The van der Waals surface area contributed by atoms with Gasteiger partial charge in [0.25, 0.3) is 0 Å². The highest BCUT2D eigenvalue weighted by molar-refractivity contribution is 9.10. The van der Waals surface area contributed by atoms with Crippen LogP contribution in [0.3, 0.4) is 0 Å². The van der Waals surface area contributed by atoms with Gasteiger partial charge in [-0.1, -0.05) is 30.3 Å². The van der Waals surface area contributed by atoms with Crippen LogP contribution < -0.4 is 4.74 Å². The molecule has 0 spiro atoms. The highest BCUT2D eigenvalue weighted by Crippen LogP contribution is 2.28. The van der Waals surface area contributed by atoms with Crippen LogP contribution in [-0.2, 0) is 6.42 Å². The molecule has 0 aliphatic carbocycles. The van der Waals surface area contributed by atoms with E-state index in [4.69, 9.17) is 4.74 Å². The van der Waals surface area contributed by atoms with Gasteiger partial charge in [-0.05, 0) is 33.6 Å². The van der Waals surface area contributed by atoms with E-state index >= 15 is 0 Å². The number of halogens is 2. The van der Waals surface area contributed by atoms with E-state index in [9.17, 15) is 9.50 Å². The SMILES string of the molecule is COc1ccccc1CC(O)c1cccc(Br)c1F. The second-order valence-electron chi connectivity index (χ2n) is 4.17. The number of aliphatic hydroxyl groups is 1. The maximum atomic E-state index is 13.9. The van der Waals surface area contributed by atoms with Crippen LogP contribution >= 0.6 is 15.9 Å².